The van der Waals surface area contributed by atoms with Gasteiger partial charge in [-0.3, -0.25) is 0 Å². The molecule has 0 aliphatic heterocycles. The van der Waals surface area contributed by atoms with Crippen LogP contribution in [0.1, 0.15) is 211 Å². The quantitative estimate of drug-likeness (QED) is 0.140. The molecule has 0 atom stereocenters. The van der Waals surface area contributed by atoms with E-state index >= 15 is 0 Å². The van der Waals surface area contributed by atoms with Crippen molar-refractivity contribution in [2.75, 3.05) is 0 Å². The van der Waals surface area contributed by atoms with E-state index in [1.54, 1.807) is 0 Å². The lowest BCUT2D eigenvalue weighted by Gasteiger charge is -2.34. The van der Waals surface area contributed by atoms with E-state index in [-0.39, 0.29) is 43.3 Å². The van der Waals surface area contributed by atoms with Gasteiger partial charge in [-0.15, -0.1) is 0 Å². The van der Waals surface area contributed by atoms with E-state index in [0.717, 1.165) is 0 Å². The predicted molar refractivity (Wildman–Crippen MR) is 354 cm³/mol. The number of fused-ring (bicyclic) bond motifs is 2. The fraction of sp³-hybridized carbons (Fsp3) is 0.421. The average Bonchev–Trinajstić information content (AvgIpc) is 3.42. The van der Waals surface area contributed by atoms with Gasteiger partial charge in [0.15, 0.2) is 0 Å². The standard InChI is InChI=1S/C76H96P2/c1-69(2,3)51-37-52(70(4,5)6)42-59(41-51)77(60-43-53(71(7,8)9)38-54(44-60)72(10,11)12)65-35-33-49-29-25-27-31-63(49)67(65)68-64-32-28-26-30-50(64)34-36-66(68)78(61-45-55(73(13,14)15)39-56(46-61)74(16,17)18)62-47-57(75(19,20)21)40-58(48-62)76(22,23)24/h25-48H,1-24H3. The Morgan fingerprint density at radius 2 is 0.410 bits per heavy atom. The molecule has 0 unspecified atom stereocenters. The summed E-state index contributed by atoms with van der Waals surface area (Å²) in [5, 5.41) is 13.6. The smallest absolute Gasteiger partial charge is 0.000884 e. The van der Waals surface area contributed by atoms with Gasteiger partial charge in [0.05, 0.1) is 0 Å². The molecule has 0 saturated heterocycles. The Labute approximate surface area is 477 Å². The SMILES string of the molecule is CC(C)(C)c1cc(P(c2cc(C(C)(C)C)cc(C(C)(C)C)c2)c2ccc3ccccc3c2-c2c(P(c3cc(C(C)(C)C)cc(C(C)(C)C)c3)c3cc(C(C)(C)C)cc(C(C)(C)C)c3)ccc3ccccc23)cc(C(C)(C)C)c1. The Kier molecular flexibility index (Phi) is 15.6. The molecule has 78 heavy (non-hydrogen) atoms. The fourth-order valence-corrected chi connectivity index (χ4v) is 15.9. The van der Waals surface area contributed by atoms with Crippen LogP contribution in [0, 0.1) is 0 Å². The van der Waals surface area contributed by atoms with Crippen LogP contribution in [-0.2, 0) is 43.3 Å². The van der Waals surface area contributed by atoms with Crippen molar-refractivity contribution in [3.63, 3.8) is 0 Å². The second-order valence-electron chi connectivity index (χ2n) is 31.1. The molecule has 0 amide bonds. The molecule has 0 aliphatic rings. The number of benzene rings is 8. The first-order valence-corrected chi connectivity index (χ1v) is 31.7. The van der Waals surface area contributed by atoms with Crippen LogP contribution in [0.4, 0.5) is 0 Å². The zero-order chi connectivity index (χ0) is 57.7. The van der Waals surface area contributed by atoms with Crippen molar-refractivity contribution in [2.45, 2.75) is 209 Å². The van der Waals surface area contributed by atoms with Crippen molar-refractivity contribution >= 4 is 69.2 Å². The lowest BCUT2D eigenvalue weighted by Crippen LogP contribution is -2.30. The van der Waals surface area contributed by atoms with E-state index in [1.807, 2.05) is 0 Å². The van der Waals surface area contributed by atoms with Crippen LogP contribution in [0.3, 0.4) is 0 Å². The lowest BCUT2D eigenvalue weighted by atomic mass is 9.81. The largest absolute Gasteiger partial charge is 0.0616 e. The minimum atomic E-state index is -1.19. The Hall–Kier alpha value is -4.86. The summed E-state index contributed by atoms with van der Waals surface area (Å²) in [5.74, 6) is 0. The molecule has 0 radical (unpaired) electrons. The van der Waals surface area contributed by atoms with Gasteiger partial charge in [-0.25, -0.2) is 0 Å². The number of rotatable bonds is 7. The molecule has 0 aromatic heterocycles. The molecule has 0 bridgehead atoms. The molecule has 0 fully saturated rings. The van der Waals surface area contributed by atoms with E-state index < -0.39 is 15.8 Å². The Balaban J connectivity index is 1.66. The molecule has 0 heterocycles. The van der Waals surface area contributed by atoms with E-state index in [2.05, 4.69) is 312 Å². The highest BCUT2D eigenvalue weighted by molar-refractivity contribution is 7.81. The molecule has 8 aromatic carbocycles. The first kappa shape index (κ1) is 59.3. The molecule has 8 rings (SSSR count). The molecule has 2 heteroatoms. The maximum Gasteiger partial charge on any atom is -0.000884 e. The van der Waals surface area contributed by atoms with E-state index in [1.165, 1.54) is 109 Å². The summed E-state index contributed by atoms with van der Waals surface area (Å²) >= 11 is 0. The zero-order valence-electron chi connectivity index (χ0n) is 52.8. The molecular formula is C76H96P2. The zero-order valence-corrected chi connectivity index (χ0v) is 54.5. The van der Waals surface area contributed by atoms with Gasteiger partial charge in [0.2, 0.25) is 0 Å². The maximum atomic E-state index is 2.61. The van der Waals surface area contributed by atoms with Crippen LogP contribution in [0.15, 0.2) is 146 Å². The van der Waals surface area contributed by atoms with Crippen molar-refractivity contribution in [2.24, 2.45) is 0 Å². The highest BCUT2D eigenvalue weighted by atomic mass is 31.1. The van der Waals surface area contributed by atoms with Gasteiger partial charge >= 0.3 is 0 Å². The average molecular weight is 1070 g/mol. The summed E-state index contributed by atoms with van der Waals surface area (Å²) in [5.41, 5.74) is 13.3. The third kappa shape index (κ3) is 12.5. The minimum absolute atomic E-state index is 0.0628. The van der Waals surface area contributed by atoms with E-state index in [4.69, 9.17) is 0 Å². The molecule has 410 valence electrons. The van der Waals surface area contributed by atoms with Gasteiger partial charge in [-0.05, 0) is 168 Å². The third-order valence-electron chi connectivity index (χ3n) is 16.2. The fourth-order valence-electron chi connectivity index (χ4n) is 10.7. The van der Waals surface area contributed by atoms with E-state index in [0.29, 0.717) is 0 Å². The summed E-state index contributed by atoms with van der Waals surface area (Å²) in [4.78, 5) is 0. The first-order chi connectivity index (χ1) is 35.7. The number of hydrogen-bond acceptors (Lipinski definition) is 0. The van der Waals surface area contributed by atoms with Crippen molar-refractivity contribution in [1.82, 2.24) is 0 Å². The highest BCUT2D eigenvalue weighted by Gasteiger charge is 2.34. The molecular weight excluding hydrogens is 975 g/mol. The molecule has 0 spiro atoms. The van der Waals surface area contributed by atoms with Crippen molar-refractivity contribution in [3.05, 3.63) is 190 Å². The normalized spacial score (nSPS) is 13.6. The second-order valence-corrected chi connectivity index (χ2v) is 35.5. The summed E-state index contributed by atoms with van der Waals surface area (Å²) in [6, 6.07) is 59.5. The summed E-state index contributed by atoms with van der Waals surface area (Å²) in [6.07, 6.45) is 0. The van der Waals surface area contributed by atoms with Gasteiger partial charge in [-0.2, -0.15) is 0 Å². The van der Waals surface area contributed by atoms with Crippen LogP contribution in [0.25, 0.3) is 32.7 Å². The van der Waals surface area contributed by atoms with E-state index in [9.17, 15) is 0 Å². The van der Waals surface area contributed by atoms with Crippen molar-refractivity contribution in [1.29, 1.82) is 0 Å². The van der Waals surface area contributed by atoms with Gasteiger partial charge in [0.1, 0.15) is 0 Å². The molecule has 0 saturated carbocycles. The Morgan fingerprint density at radius 1 is 0.218 bits per heavy atom. The monoisotopic (exact) mass is 1070 g/mol. The lowest BCUT2D eigenvalue weighted by molar-refractivity contribution is 0.568. The van der Waals surface area contributed by atoms with Crippen molar-refractivity contribution in [3.8, 4) is 11.1 Å². The summed E-state index contributed by atoms with van der Waals surface area (Å²) < 4.78 is 0. The Morgan fingerprint density at radius 3 is 0.603 bits per heavy atom. The summed E-state index contributed by atoms with van der Waals surface area (Å²) in [7, 11) is -2.38. The van der Waals surface area contributed by atoms with Gasteiger partial charge in [0, 0.05) is 0 Å². The molecule has 8 aromatic rings. The van der Waals surface area contributed by atoms with Crippen LogP contribution >= 0.6 is 15.8 Å². The Bertz CT molecular complexity index is 3010. The molecule has 0 aliphatic carbocycles. The van der Waals surface area contributed by atoms with Crippen LogP contribution < -0.4 is 31.8 Å². The third-order valence-corrected chi connectivity index (χ3v) is 21.0. The highest BCUT2D eigenvalue weighted by Crippen LogP contribution is 2.49. The van der Waals surface area contributed by atoms with Gasteiger partial charge < -0.3 is 0 Å². The maximum absolute atomic E-state index is 2.61. The molecule has 0 N–H and O–H groups in total. The van der Waals surface area contributed by atoms with Crippen LogP contribution in [0.5, 0.6) is 0 Å². The van der Waals surface area contributed by atoms with Crippen molar-refractivity contribution < 1.29 is 0 Å². The minimum Gasteiger partial charge on any atom is -0.0616 e. The number of hydrogen-bond donors (Lipinski definition) is 0. The van der Waals surface area contributed by atoms with Crippen LogP contribution in [-0.4, -0.2) is 0 Å². The predicted octanol–water partition coefficient (Wildman–Crippen LogP) is 19.6. The van der Waals surface area contributed by atoms with Gasteiger partial charge in [0.25, 0.3) is 0 Å². The van der Waals surface area contributed by atoms with Crippen LogP contribution in [0.2, 0.25) is 0 Å². The first-order valence-electron chi connectivity index (χ1n) is 29.0. The second kappa shape index (κ2) is 20.6. The topological polar surface area (TPSA) is 0 Å². The van der Waals surface area contributed by atoms with Gasteiger partial charge in [-0.1, -0.05) is 312 Å². The summed E-state index contributed by atoms with van der Waals surface area (Å²) in [6.45, 7) is 57.4. The molecule has 0 nitrogen and oxygen atoms in total.